The van der Waals surface area contributed by atoms with Gasteiger partial charge >= 0.3 is 0 Å². The Morgan fingerprint density at radius 2 is 1.90 bits per heavy atom. The second kappa shape index (κ2) is 9.26. The third kappa shape index (κ3) is 4.79. The number of benzene rings is 2. The zero-order valence-electron chi connectivity index (χ0n) is 16.5. The molecule has 2 aromatic carbocycles. The largest absolute Gasteiger partial charge is 0.489 e. The third-order valence-corrected chi connectivity index (χ3v) is 5.42. The van der Waals surface area contributed by atoms with E-state index in [2.05, 4.69) is 28.1 Å². The predicted molar refractivity (Wildman–Crippen MR) is 116 cm³/mol. The van der Waals surface area contributed by atoms with E-state index in [9.17, 15) is 4.79 Å². The van der Waals surface area contributed by atoms with Gasteiger partial charge in [-0.3, -0.25) is 9.78 Å². The minimum atomic E-state index is -0.202. The fraction of sp³-hybridized carbons (Fsp3) is 0.217. The molecule has 1 saturated heterocycles. The highest BCUT2D eigenvalue weighted by atomic mass is 35.5. The number of carbonyl (C=O) groups is 1. The molecule has 1 aliphatic heterocycles. The number of hydrogen-bond acceptors (Lipinski definition) is 5. The van der Waals surface area contributed by atoms with E-state index in [1.165, 1.54) is 0 Å². The Labute approximate surface area is 180 Å². The van der Waals surface area contributed by atoms with Crippen LogP contribution < -0.4 is 20.9 Å². The van der Waals surface area contributed by atoms with Crippen molar-refractivity contribution in [1.82, 2.24) is 21.2 Å². The van der Waals surface area contributed by atoms with Gasteiger partial charge in [0.05, 0.1) is 12.2 Å². The first-order chi connectivity index (χ1) is 14.6. The summed E-state index contributed by atoms with van der Waals surface area (Å²) >= 11 is 6.01. The smallest absolute Gasteiger partial charge is 0.252 e. The second-order valence-electron chi connectivity index (χ2n) is 7.30. The number of hydrogen-bond donors (Lipinski definition) is 3. The lowest BCUT2D eigenvalue weighted by Crippen LogP contribution is -2.46. The average Bonchev–Trinajstić information content (AvgIpc) is 3.13. The highest BCUT2D eigenvalue weighted by Crippen LogP contribution is 2.27. The first-order valence-corrected chi connectivity index (χ1v) is 10.2. The molecule has 1 aliphatic rings. The molecule has 1 aromatic heterocycles. The van der Waals surface area contributed by atoms with E-state index in [-0.39, 0.29) is 24.0 Å². The molecule has 3 unspecified atom stereocenters. The van der Waals surface area contributed by atoms with Crippen molar-refractivity contribution < 1.29 is 9.53 Å². The Morgan fingerprint density at radius 1 is 1.10 bits per heavy atom. The number of carbonyl (C=O) groups excluding carboxylic acids is 1. The molecular formula is C23H23ClN4O2. The molecule has 6 nitrogen and oxygen atoms in total. The summed E-state index contributed by atoms with van der Waals surface area (Å²) in [5, 5.41) is 3.72. The van der Waals surface area contributed by atoms with Crippen molar-refractivity contribution in [2.45, 2.75) is 25.7 Å². The molecule has 0 saturated carbocycles. The van der Waals surface area contributed by atoms with Crippen molar-refractivity contribution in [3.63, 3.8) is 0 Å². The van der Waals surface area contributed by atoms with Crippen LogP contribution in [-0.2, 0) is 6.61 Å². The Balaban J connectivity index is 1.37. The van der Waals surface area contributed by atoms with Crippen LogP contribution in [0.2, 0.25) is 5.02 Å². The molecule has 2 heterocycles. The van der Waals surface area contributed by atoms with Crippen LogP contribution in [0.4, 0.5) is 0 Å². The quantitative estimate of drug-likeness (QED) is 0.562. The molecule has 7 heteroatoms. The summed E-state index contributed by atoms with van der Waals surface area (Å²) in [5.74, 6) is 0.617. The Bertz CT molecular complexity index is 1010. The zero-order chi connectivity index (χ0) is 20.9. The van der Waals surface area contributed by atoms with Crippen molar-refractivity contribution in [2.24, 2.45) is 5.92 Å². The molecule has 0 radical (unpaired) electrons. The molecule has 4 rings (SSSR count). The third-order valence-electron chi connectivity index (χ3n) is 5.19. The van der Waals surface area contributed by atoms with Crippen LogP contribution in [0.1, 0.15) is 34.5 Å². The molecule has 3 atom stereocenters. The van der Waals surface area contributed by atoms with E-state index < -0.39 is 0 Å². The molecule has 0 bridgehead atoms. The number of halogens is 1. The molecule has 3 N–H and O–H groups in total. The number of ether oxygens (including phenoxy) is 1. The Kier molecular flexibility index (Phi) is 6.28. The van der Waals surface area contributed by atoms with Crippen LogP contribution >= 0.6 is 11.6 Å². The number of nitrogens with one attached hydrogen (secondary N) is 3. The number of amides is 1. The van der Waals surface area contributed by atoms with Crippen LogP contribution in [0.25, 0.3) is 0 Å². The van der Waals surface area contributed by atoms with Gasteiger partial charge in [-0.25, -0.2) is 10.9 Å². The Hall–Kier alpha value is -2.93. The minimum Gasteiger partial charge on any atom is -0.489 e. The van der Waals surface area contributed by atoms with Gasteiger partial charge in [0.25, 0.3) is 5.91 Å². The van der Waals surface area contributed by atoms with E-state index in [1.807, 2.05) is 48.5 Å². The van der Waals surface area contributed by atoms with Crippen molar-refractivity contribution >= 4 is 17.5 Å². The number of aromatic nitrogens is 1. The van der Waals surface area contributed by atoms with Gasteiger partial charge in [-0.15, -0.1) is 0 Å². The van der Waals surface area contributed by atoms with Gasteiger partial charge in [0.2, 0.25) is 0 Å². The van der Waals surface area contributed by atoms with E-state index in [0.717, 1.165) is 11.1 Å². The van der Waals surface area contributed by atoms with Crippen molar-refractivity contribution in [3.8, 4) is 5.75 Å². The van der Waals surface area contributed by atoms with Gasteiger partial charge in [-0.05, 0) is 53.6 Å². The summed E-state index contributed by atoms with van der Waals surface area (Å²) in [7, 11) is 0. The molecule has 30 heavy (non-hydrogen) atoms. The van der Waals surface area contributed by atoms with E-state index in [4.69, 9.17) is 16.3 Å². The van der Waals surface area contributed by atoms with E-state index in [0.29, 0.717) is 22.9 Å². The lowest BCUT2D eigenvalue weighted by Gasteiger charge is -2.20. The highest BCUT2D eigenvalue weighted by molar-refractivity contribution is 6.30. The number of pyridine rings is 1. The fourth-order valence-electron chi connectivity index (χ4n) is 3.51. The lowest BCUT2D eigenvalue weighted by molar-refractivity contribution is 0.0922. The monoisotopic (exact) mass is 422 g/mol. The normalized spacial score (nSPS) is 20.7. The molecule has 1 amide bonds. The van der Waals surface area contributed by atoms with Gasteiger partial charge < -0.3 is 10.1 Å². The number of nitrogens with zero attached hydrogens (tertiary/aromatic N) is 1. The number of rotatable bonds is 6. The van der Waals surface area contributed by atoms with Crippen LogP contribution in [0.5, 0.6) is 5.75 Å². The lowest BCUT2D eigenvalue weighted by atomic mass is 9.95. The SMILES string of the molecule is CC1C(NC(=O)c2cccc(OCc3cccc(Cl)c3)c2)NNC1c1ccncc1. The maximum atomic E-state index is 12.8. The van der Waals surface area contributed by atoms with Gasteiger partial charge in [-0.1, -0.05) is 36.7 Å². The van der Waals surface area contributed by atoms with Crippen LogP contribution in [-0.4, -0.2) is 17.1 Å². The minimum absolute atomic E-state index is 0.0886. The first-order valence-electron chi connectivity index (χ1n) is 9.79. The summed E-state index contributed by atoms with van der Waals surface area (Å²) in [5.41, 5.74) is 9.06. The summed E-state index contributed by atoms with van der Waals surface area (Å²) < 4.78 is 5.83. The average molecular weight is 423 g/mol. The molecule has 0 aliphatic carbocycles. The van der Waals surface area contributed by atoms with Gasteiger partial charge in [0.15, 0.2) is 0 Å². The maximum Gasteiger partial charge on any atom is 0.252 e. The van der Waals surface area contributed by atoms with E-state index >= 15 is 0 Å². The summed E-state index contributed by atoms with van der Waals surface area (Å²) in [6, 6.07) is 18.7. The zero-order valence-corrected chi connectivity index (χ0v) is 17.3. The standard InChI is InChI=1S/C23H23ClN4O2/c1-15-21(17-8-10-25-11-9-17)27-28-22(15)26-23(29)18-5-3-7-20(13-18)30-14-16-4-2-6-19(24)12-16/h2-13,15,21-22,27-28H,14H2,1H3,(H,26,29). The van der Waals surface area contributed by atoms with Gasteiger partial charge in [0, 0.05) is 28.9 Å². The van der Waals surface area contributed by atoms with Gasteiger partial charge in [-0.2, -0.15) is 0 Å². The van der Waals surface area contributed by atoms with Crippen molar-refractivity contribution in [1.29, 1.82) is 0 Å². The molecule has 154 valence electrons. The highest BCUT2D eigenvalue weighted by Gasteiger charge is 2.34. The molecule has 0 spiro atoms. The van der Waals surface area contributed by atoms with Crippen LogP contribution in [0.3, 0.4) is 0 Å². The summed E-state index contributed by atoms with van der Waals surface area (Å²) in [6.45, 7) is 2.47. The fourth-order valence-corrected chi connectivity index (χ4v) is 3.72. The van der Waals surface area contributed by atoms with Crippen LogP contribution in [0, 0.1) is 5.92 Å². The van der Waals surface area contributed by atoms with Crippen molar-refractivity contribution in [2.75, 3.05) is 0 Å². The maximum absolute atomic E-state index is 12.8. The van der Waals surface area contributed by atoms with Gasteiger partial charge in [0.1, 0.15) is 12.4 Å². The molecule has 3 aromatic rings. The predicted octanol–water partition coefficient (Wildman–Crippen LogP) is 3.86. The van der Waals surface area contributed by atoms with Crippen LogP contribution in [0.15, 0.2) is 73.1 Å². The van der Waals surface area contributed by atoms with E-state index in [1.54, 1.807) is 24.5 Å². The first kappa shape index (κ1) is 20.3. The van der Waals surface area contributed by atoms with Crippen molar-refractivity contribution in [3.05, 3.63) is 94.8 Å². The Morgan fingerprint density at radius 3 is 2.70 bits per heavy atom. The summed E-state index contributed by atoms with van der Waals surface area (Å²) in [4.78, 5) is 16.9. The molecule has 1 fully saturated rings. The number of hydrazine groups is 1. The summed E-state index contributed by atoms with van der Waals surface area (Å²) in [6.07, 6.45) is 3.33. The molecular weight excluding hydrogens is 400 g/mol. The topological polar surface area (TPSA) is 75.3 Å². The second-order valence-corrected chi connectivity index (χ2v) is 7.74.